The molecule has 282 valence electrons. The summed E-state index contributed by atoms with van der Waals surface area (Å²) in [6.07, 6.45) is 0. The van der Waals surface area contributed by atoms with Crippen molar-refractivity contribution in [1.82, 2.24) is 0 Å². The monoisotopic (exact) mass is 732 g/mol. The van der Waals surface area contributed by atoms with Gasteiger partial charge in [0.1, 0.15) is 0 Å². The molecule has 0 aliphatic heterocycles. The maximum atomic E-state index is 2.52. The third-order valence-corrected chi connectivity index (χ3v) is 11.9. The number of hydrogen-bond donors (Lipinski definition) is 0. The lowest BCUT2D eigenvalue weighted by molar-refractivity contribution is 0.590. The molecule has 0 atom stereocenters. The molecule has 0 radical (unpaired) electrons. The van der Waals surface area contributed by atoms with Crippen LogP contribution in [0.2, 0.25) is 0 Å². The van der Waals surface area contributed by atoms with Crippen LogP contribution in [0.5, 0.6) is 0 Å². The fraction of sp³-hybridized carbons (Fsp3) is 0.259. The van der Waals surface area contributed by atoms with Crippen LogP contribution >= 0.6 is 0 Å². The van der Waals surface area contributed by atoms with Crippen LogP contribution < -0.4 is 9.80 Å². The average molecular weight is 733 g/mol. The molecular weight excluding hydrogens is 677 g/mol. The van der Waals surface area contributed by atoms with Crippen molar-refractivity contribution < 1.29 is 0 Å². The zero-order valence-corrected chi connectivity index (χ0v) is 35.4. The van der Waals surface area contributed by atoms with E-state index in [2.05, 4.69) is 214 Å². The Morgan fingerprint density at radius 3 is 1.04 bits per heavy atom. The molecule has 2 nitrogen and oxygen atoms in total. The minimum atomic E-state index is 0.0158. The van der Waals surface area contributed by atoms with E-state index in [1.165, 1.54) is 111 Å². The maximum Gasteiger partial charge on any atom is 0.0540 e. The molecule has 2 heteroatoms. The van der Waals surface area contributed by atoms with Gasteiger partial charge < -0.3 is 9.80 Å². The van der Waals surface area contributed by atoms with Gasteiger partial charge in [0.25, 0.3) is 0 Å². The average Bonchev–Trinajstić information content (AvgIpc) is 3.13. The van der Waals surface area contributed by atoms with Crippen LogP contribution in [0.25, 0.3) is 32.3 Å². The quantitative estimate of drug-likeness (QED) is 0.157. The van der Waals surface area contributed by atoms with Gasteiger partial charge in [0.15, 0.2) is 0 Å². The number of nitrogens with zero attached hydrogens (tertiary/aromatic N) is 2. The van der Waals surface area contributed by atoms with Crippen LogP contribution in [0, 0.1) is 41.5 Å². The second kappa shape index (κ2) is 13.6. The highest BCUT2D eigenvalue weighted by Gasteiger charge is 2.26. The van der Waals surface area contributed by atoms with Crippen LogP contribution in [-0.2, 0) is 10.8 Å². The van der Waals surface area contributed by atoms with Gasteiger partial charge in [0.2, 0.25) is 0 Å². The largest absolute Gasteiger partial charge is 0.309 e. The molecule has 0 fully saturated rings. The minimum Gasteiger partial charge on any atom is -0.309 e. The summed E-state index contributed by atoms with van der Waals surface area (Å²) in [5.41, 5.74) is 17.5. The summed E-state index contributed by atoms with van der Waals surface area (Å²) >= 11 is 0. The SMILES string of the molecule is Cc1ccc(N(c2cc(C(C)(C)C)ccc2C)c2ccc3ccc4c(N(c5ccc(C)cc5C)c5cc(C(C)(C)C)ccc5C)ccc5ccc2c3c54)c(C)c1. The van der Waals surface area contributed by atoms with Gasteiger partial charge in [-0.05, 0) is 144 Å². The topological polar surface area (TPSA) is 6.48 Å². The van der Waals surface area contributed by atoms with Crippen molar-refractivity contribution in [3.8, 4) is 0 Å². The van der Waals surface area contributed by atoms with Crippen molar-refractivity contribution in [1.29, 1.82) is 0 Å². The summed E-state index contributed by atoms with van der Waals surface area (Å²) in [6, 6.07) is 46.5. The maximum absolute atomic E-state index is 2.52. The third-order valence-electron chi connectivity index (χ3n) is 11.9. The van der Waals surface area contributed by atoms with Crippen molar-refractivity contribution in [2.24, 2.45) is 0 Å². The molecular formula is C54H56N2. The third kappa shape index (κ3) is 6.40. The van der Waals surface area contributed by atoms with Gasteiger partial charge in [-0.2, -0.15) is 0 Å². The first-order chi connectivity index (χ1) is 26.5. The number of hydrogen-bond acceptors (Lipinski definition) is 2. The fourth-order valence-electron chi connectivity index (χ4n) is 8.68. The lowest BCUT2D eigenvalue weighted by Crippen LogP contribution is -2.17. The van der Waals surface area contributed by atoms with Gasteiger partial charge in [0, 0.05) is 33.5 Å². The summed E-state index contributed by atoms with van der Waals surface area (Å²) in [5.74, 6) is 0. The molecule has 0 aliphatic carbocycles. The van der Waals surface area contributed by atoms with Gasteiger partial charge in [-0.1, -0.05) is 138 Å². The molecule has 56 heavy (non-hydrogen) atoms. The van der Waals surface area contributed by atoms with Crippen LogP contribution in [0.3, 0.4) is 0 Å². The standard InChI is InChI=1S/C54H56N2/c1-33-13-25-45(37(5)29-33)55(49-31-41(53(7,8)9)21-15-35(49)3)47-27-19-39-18-24-44-48(28-20-40-17-23-43(47)51(39)52(40)44)56(46-26-14-34(2)30-38(46)6)50-32-42(54(10,11)12)22-16-36(50)4/h13-32H,1-12H3. The summed E-state index contributed by atoms with van der Waals surface area (Å²) in [7, 11) is 0. The molecule has 0 amide bonds. The van der Waals surface area contributed by atoms with Gasteiger partial charge in [0.05, 0.1) is 11.4 Å². The number of anilines is 6. The van der Waals surface area contributed by atoms with Crippen LogP contribution in [0.15, 0.2) is 121 Å². The summed E-state index contributed by atoms with van der Waals surface area (Å²) in [4.78, 5) is 5.05. The Hall–Kier alpha value is -5.60. The van der Waals surface area contributed by atoms with E-state index >= 15 is 0 Å². The molecule has 0 aromatic heterocycles. The van der Waals surface area contributed by atoms with E-state index in [9.17, 15) is 0 Å². The molecule has 0 bridgehead atoms. The number of aryl methyl sites for hydroxylation is 6. The molecule has 0 saturated carbocycles. The molecule has 8 rings (SSSR count). The van der Waals surface area contributed by atoms with Gasteiger partial charge in [-0.25, -0.2) is 0 Å². The smallest absolute Gasteiger partial charge is 0.0540 e. The number of rotatable bonds is 6. The van der Waals surface area contributed by atoms with Crippen molar-refractivity contribution >= 4 is 66.4 Å². The zero-order chi connectivity index (χ0) is 39.8. The van der Waals surface area contributed by atoms with Crippen molar-refractivity contribution in [3.05, 3.63) is 166 Å². The Morgan fingerprint density at radius 1 is 0.321 bits per heavy atom. The van der Waals surface area contributed by atoms with Gasteiger partial charge in [-0.15, -0.1) is 0 Å². The predicted octanol–water partition coefficient (Wildman–Crippen LogP) is 16.0. The summed E-state index contributed by atoms with van der Waals surface area (Å²) < 4.78 is 0. The van der Waals surface area contributed by atoms with Crippen molar-refractivity contribution in [2.75, 3.05) is 9.80 Å². The second-order valence-electron chi connectivity index (χ2n) is 18.3. The summed E-state index contributed by atoms with van der Waals surface area (Å²) in [6.45, 7) is 27.2. The zero-order valence-electron chi connectivity index (χ0n) is 35.4. The molecule has 0 spiro atoms. The Balaban J connectivity index is 1.44. The first-order valence-corrected chi connectivity index (χ1v) is 20.2. The molecule has 0 N–H and O–H groups in total. The van der Waals surface area contributed by atoms with Gasteiger partial charge >= 0.3 is 0 Å². The summed E-state index contributed by atoms with van der Waals surface area (Å²) in [5, 5.41) is 7.62. The van der Waals surface area contributed by atoms with Gasteiger partial charge in [-0.3, -0.25) is 0 Å². The Kier molecular flexibility index (Phi) is 9.04. The normalized spacial score (nSPS) is 12.3. The van der Waals surface area contributed by atoms with E-state index in [0.717, 1.165) is 0 Å². The van der Waals surface area contributed by atoms with Crippen LogP contribution in [0.4, 0.5) is 34.1 Å². The molecule has 0 aliphatic rings. The lowest BCUT2D eigenvalue weighted by Gasteiger charge is -2.33. The molecule has 8 aromatic rings. The second-order valence-corrected chi connectivity index (χ2v) is 18.3. The van der Waals surface area contributed by atoms with Crippen LogP contribution in [-0.4, -0.2) is 0 Å². The van der Waals surface area contributed by atoms with E-state index in [0.29, 0.717) is 0 Å². The lowest BCUT2D eigenvalue weighted by atomic mass is 9.85. The molecule has 0 heterocycles. The van der Waals surface area contributed by atoms with E-state index < -0.39 is 0 Å². The van der Waals surface area contributed by atoms with E-state index in [1.807, 2.05) is 0 Å². The van der Waals surface area contributed by atoms with Crippen LogP contribution in [0.1, 0.15) is 86.1 Å². The minimum absolute atomic E-state index is 0.0158. The van der Waals surface area contributed by atoms with E-state index in [4.69, 9.17) is 0 Å². The van der Waals surface area contributed by atoms with Crippen molar-refractivity contribution in [3.63, 3.8) is 0 Å². The highest BCUT2D eigenvalue weighted by atomic mass is 15.2. The highest BCUT2D eigenvalue weighted by molar-refractivity contribution is 6.28. The predicted molar refractivity (Wildman–Crippen MR) is 245 cm³/mol. The van der Waals surface area contributed by atoms with E-state index in [-0.39, 0.29) is 10.8 Å². The molecule has 0 unspecified atom stereocenters. The number of benzene rings is 8. The molecule has 8 aromatic carbocycles. The van der Waals surface area contributed by atoms with Crippen molar-refractivity contribution in [2.45, 2.75) is 93.9 Å². The van der Waals surface area contributed by atoms with E-state index in [1.54, 1.807) is 0 Å². The Bertz CT molecular complexity index is 2590. The molecule has 0 saturated heterocycles. The highest BCUT2D eigenvalue weighted by Crippen LogP contribution is 2.49. The first kappa shape index (κ1) is 37.3. The Labute approximate surface area is 334 Å². The Morgan fingerprint density at radius 2 is 0.679 bits per heavy atom. The first-order valence-electron chi connectivity index (χ1n) is 20.2. The fourth-order valence-corrected chi connectivity index (χ4v) is 8.68.